The van der Waals surface area contributed by atoms with Gasteiger partial charge in [-0.15, -0.1) is 11.3 Å². The van der Waals surface area contributed by atoms with Gasteiger partial charge in [0.1, 0.15) is 5.75 Å². The summed E-state index contributed by atoms with van der Waals surface area (Å²) in [5.74, 6) is 0.903. The van der Waals surface area contributed by atoms with Crippen LogP contribution in [0, 0.1) is 6.92 Å². The van der Waals surface area contributed by atoms with Gasteiger partial charge >= 0.3 is 0 Å². The van der Waals surface area contributed by atoms with E-state index < -0.39 is 0 Å². The maximum atomic E-state index is 13.6. The van der Waals surface area contributed by atoms with Gasteiger partial charge in [0.15, 0.2) is 5.65 Å². The summed E-state index contributed by atoms with van der Waals surface area (Å²) in [7, 11) is 1.67. The number of benzene rings is 1. The Balaban J connectivity index is 1.36. The van der Waals surface area contributed by atoms with E-state index in [-0.39, 0.29) is 5.91 Å². The molecule has 0 aliphatic carbocycles. The number of amides is 1. The fourth-order valence-electron chi connectivity index (χ4n) is 4.36. The van der Waals surface area contributed by atoms with Gasteiger partial charge in [-0.2, -0.15) is 5.10 Å². The quantitative estimate of drug-likeness (QED) is 0.446. The van der Waals surface area contributed by atoms with Crippen molar-refractivity contribution in [1.82, 2.24) is 19.7 Å². The number of carbonyl (C=O) groups is 1. The number of carbonyl (C=O) groups excluding carboxylic acids is 1. The Kier molecular flexibility index (Phi) is 6.00. The smallest absolute Gasteiger partial charge is 0.254 e. The van der Waals surface area contributed by atoms with Crippen molar-refractivity contribution >= 4 is 34.0 Å². The van der Waals surface area contributed by atoms with Crippen LogP contribution in [0.4, 0.5) is 5.69 Å². The molecule has 33 heavy (non-hydrogen) atoms. The fourth-order valence-corrected chi connectivity index (χ4v) is 5.04. The minimum Gasteiger partial charge on any atom is -0.497 e. The summed E-state index contributed by atoms with van der Waals surface area (Å²) in [4.78, 5) is 23.8. The van der Waals surface area contributed by atoms with Crippen LogP contribution in [0.25, 0.3) is 11.0 Å². The molecule has 1 saturated heterocycles. The molecule has 0 bridgehead atoms. The lowest BCUT2D eigenvalue weighted by molar-refractivity contribution is 0.0769. The van der Waals surface area contributed by atoms with E-state index in [1.807, 2.05) is 40.8 Å². The molecule has 4 heterocycles. The number of aryl methyl sites for hydroxylation is 1. The van der Waals surface area contributed by atoms with Gasteiger partial charge in [-0.25, -0.2) is 9.67 Å². The van der Waals surface area contributed by atoms with Gasteiger partial charge in [0.2, 0.25) is 0 Å². The van der Waals surface area contributed by atoms with Gasteiger partial charge in [-0.3, -0.25) is 4.79 Å². The number of methoxy groups -OCH3 is 1. The van der Waals surface area contributed by atoms with E-state index in [4.69, 9.17) is 9.72 Å². The number of pyridine rings is 1. The minimum absolute atomic E-state index is 0.0535. The van der Waals surface area contributed by atoms with Crippen LogP contribution in [0.5, 0.6) is 5.75 Å². The van der Waals surface area contributed by atoms with Crippen molar-refractivity contribution in [3.8, 4) is 5.75 Å². The van der Waals surface area contributed by atoms with Crippen molar-refractivity contribution in [2.24, 2.45) is 0 Å². The molecule has 0 spiro atoms. The second-order valence-corrected chi connectivity index (χ2v) is 9.29. The zero-order valence-corrected chi connectivity index (χ0v) is 19.7. The number of aromatic nitrogens is 3. The van der Waals surface area contributed by atoms with Crippen LogP contribution in [0.1, 0.15) is 27.3 Å². The molecule has 170 valence electrons. The first-order valence-electron chi connectivity index (χ1n) is 11.2. The predicted octanol–water partition coefficient (Wildman–Crippen LogP) is 4.21. The number of hydrogen-bond donors (Lipinski definition) is 0. The predicted molar refractivity (Wildman–Crippen MR) is 131 cm³/mol. The average molecular weight is 462 g/mol. The molecular formula is C25H27N5O2S. The molecule has 0 radical (unpaired) electrons. The monoisotopic (exact) mass is 461 g/mol. The Bertz CT molecular complexity index is 1250. The molecule has 7 nitrogen and oxygen atoms in total. The molecule has 5 rings (SSSR count). The lowest BCUT2D eigenvalue weighted by Gasteiger charge is -2.24. The molecule has 0 N–H and O–H groups in total. The van der Waals surface area contributed by atoms with Crippen LogP contribution < -0.4 is 9.64 Å². The fraction of sp³-hybridized carbons (Fsp3) is 0.320. The molecule has 0 saturated carbocycles. The van der Waals surface area contributed by atoms with Crippen LogP contribution in [-0.4, -0.2) is 58.9 Å². The third-order valence-electron chi connectivity index (χ3n) is 6.07. The Hall–Kier alpha value is -3.39. The zero-order valence-electron chi connectivity index (χ0n) is 18.9. The van der Waals surface area contributed by atoms with Crippen LogP contribution in [0.15, 0.2) is 54.0 Å². The van der Waals surface area contributed by atoms with Gasteiger partial charge in [0.25, 0.3) is 5.91 Å². The average Bonchev–Trinajstić information content (AvgIpc) is 3.42. The number of nitrogens with zero attached hydrogens (tertiary/aromatic N) is 5. The summed E-state index contributed by atoms with van der Waals surface area (Å²) in [6, 6.07) is 14.1. The van der Waals surface area contributed by atoms with E-state index in [2.05, 4.69) is 33.6 Å². The Labute approximate surface area is 197 Å². The first-order chi connectivity index (χ1) is 16.1. The molecule has 3 aromatic heterocycles. The molecule has 1 fully saturated rings. The summed E-state index contributed by atoms with van der Waals surface area (Å²) in [6.07, 6.45) is 2.70. The van der Waals surface area contributed by atoms with Crippen molar-refractivity contribution in [2.75, 3.05) is 38.2 Å². The highest BCUT2D eigenvalue weighted by Gasteiger charge is 2.24. The lowest BCUT2D eigenvalue weighted by Crippen LogP contribution is -2.35. The highest BCUT2D eigenvalue weighted by molar-refractivity contribution is 7.09. The van der Waals surface area contributed by atoms with E-state index in [0.717, 1.165) is 54.2 Å². The standard InChI is InChI=1S/C25H27N5O2S/c1-18-15-22(23-16-26-30(24(23)27-18)17-21-5-3-14-33-21)25(31)29-11-4-10-28(12-13-29)19-6-8-20(32-2)9-7-19/h3,5-9,14-16H,4,10-13,17H2,1-2H3. The third kappa shape index (κ3) is 4.43. The first-order valence-corrected chi connectivity index (χ1v) is 12.0. The Morgan fingerprint density at radius 2 is 1.97 bits per heavy atom. The SMILES string of the molecule is COc1ccc(N2CCCN(C(=O)c3cc(C)nc4c3cnn4Cc3cccs3)CC2)cc1. The van der Waals surface area contributed by atoms with Crippen molar-refractivity contribution in [3.05, 3.63) is 70.2 Å². The third-order valence-corrected chi connectivity index (χ3v) is 6.94. The molecule has 1 aliphatic heterocycles. The van der Waals surface area contributed by atoms with Crippen molar-refractivity contribution in [2.45, 2.75) is 19.9 Å². The van der Waals surface area contributed by atoms with E-state index >= 15 is 0 Å². The molecule has 4 aromatic rings. The summed E-state index contributed by atoms with van der Waals surface area (Å²) < 4.78 is 7.16. The van der Waals surface area contributed by atoms with Gasteiger partial charge in [0.05, 0.1) is 30.8 Å². The van der Waals surface area contributed by atoms with E-state index in [0.29, 0.717) is 18.7 Å². The minimum atomic E-state index is 0.0535. The van der Waals surface area contributed by atoms with Crippen LogP contribution >= 0.6 is 11.3 Å². The maximum absolute atomic E-state index is 13.6. The summed E-state index contributed by atoms with van der Waals surface area (Å²) in [6.45, 7) is 5.72. The Morgan fingerprint density at radius 3 is 2.73 bits per heavy atom. The van der Waals surface area contributed by atoms with E-state index in [1.54, 1.807) is 24.6 Å². The van der Waals surface area contributed by atoms with E-state index in [9.17, 15) is 4.79 Å². The number of hydrogen-bond acceptors (Lipinski definition) is 6. The van der Waals surface area contributed by atoms with Crippen LogP contribution in [0.2, 0.25) is 0 Å². The maximum Gasteiger partial charge on any atom is 0.254 e. The van der Waals surface area contributed by atoms with Gasteiger partial charge in [-0.1, -0.05) is 6.07 Å². The Morgan fingerprint density at radius 1 is 1.12 bits per heavy atom. The summed E-state index contributed by atoms with van der Waals surface area (Å²) in [5, 5.41) is 7.43. The molecule has 0 unspecified atom stereocenters. The highest BCUT2D eigenvalue weighted by Crippen LogP contribution is 2.24. The molecule has 1 aromatic carbocycles. The second kappa shape index (κ2) is 9.23. The largest absolute Gasteiger partial charge is 0.497 e. The number of ether oxygens (including phenoxy) is 1. The topological polar surface area (TPSA) is 63.5 Å². The van der Waals surface area contributed by atoms with Gasteiger partial charge in [0, 0.05) is 42.4 Å². The second-order valence-electron chi connectivity index (χ2n) is 8.26. The van der Waals surface area contributed by atoms with Crippen molar-refractivity contribution < 1.29 is 9.53 Å². The number of thiophene rings is 1. The highest BCUT2D eigenvalue weighted by atomic mass is 32.1. The molecule has 0 atom stereocenters. The first kappa shape index (κ1) is 21.5. The lowest BCUT2D eigenvalue weighted by atomic mass is 10.1. The molecular weight excluding hydrogens is 434 g/mol. The zero-order chi connectivity index (χ0) is 22.8. The molecule has 1 amide bonds. The van der Waals surface area contributed by atoms with Crippen LogP contribution in [-0.2, 0) is 6.54 Å². The van der Waals surface area contributed by atoms with Crippen molar-refractivity contribution in [3.63, 3.8) is 0 Å². The summed E-state index contributed by atoms with van der Waals surface area (Å²) >= 11 is 1.69. The van der Waals surface area contributed by atoms with Gasteiger partial charge < -0.3 is 14.5 Å². The van der Waals surface area contributed by atoms with Gasteiger partial charge in [-0.05, 0) is 55.1 Å². The van der Waals surface area contributed by atoms with Crippen molar-refractivity contribution in [1.29, 1.82) is 0 Å². The molecule has 8 heteroatoms. The van der Waals surface area contributed by atoms with Crippen LogP contribution in [0.3, 0.4) is 0 Å². The molecule has 1 aliphatic rings. The normalized spacial score (nSPS) is 14.5. The number of anilines is 1. The number of rotatable bonds is 5. The van der Waals surface area contributed by atoms with E-state index in [1.165, 1.54) is 4.88 Å². The number of fused-ring (bicyclic) bond motifs is 1. The summed E-state index contributed by atoms with van der Waals surface area (Å²) in [5.41, 5.74) is 3.44.